The van der Waals surface area contributed by atoms with Crippen LogP contribution < -0.4 is 10.6 Å². The highest BCUT2D eigenvalue weighted by Crippen LogP contribution is 2.29. The molecule has 0 spiro atoms. The number of carbonyl (C=O) groups is 2. The predicted octanol–water partition coefficient (Wildman–Crippen LogP) is 3.46. The van der Waals surface area contributed by atoms with Gasteiger partial charge >= 0.3 is 6.36 Å². The zero-order valence-corrected chi connectivity index (χ0v) is 15.4. The second kappa shape index (κ2) is 8.36. The third-order valence-corrected chi connectivity index (χ3v) is 4.25. The van der Waals surface area contributed by atoms with Crippen molar-refractivity contribution in [2.45, 2.75) is 6.36 Å². The topological polar surface area (TPSA) is 83.2 Å². The van der Waals surface area contributed by atoms with Gasteiger partial charge in [-0.3, -0.25) is 14.3 Å². The van der Waals surface area contributed by atoms with Crippen molar-refractivity contribution in [3.05, 3.63) is 59.8 Å². The minimum atomic E-state index is -4.72. The van der Waals surface area contributed by atoms with Crippen LogP contribution in [0, 0.1) is 0 Å². The largest absolute Gasteiger partial charge is 0.522 e. The van der Waals surface area contributed by atoms with Crippen LogP contribution in [0.1, 0.15) is 20.8 Å². The van der Waals surface area contributed by atoms with Gasteiger partial charge < -0.3 is 15.6 Å². The summed E-state index contributed by atoms with van der Waals surface area (Å²) in [5.74, 6) is -0.724. The molecule has 3 rings (SSSR count). The lowest BCUT2D eigenvalue weighted by Gasteiger charge is -2.09. The molecule has 0 bridgehead atoms. The molecule has 0 atom stereocenters. The monoisotopic (exact) mass is 405 g/mol. The zero-order chi connectivity index (χ0) is 21.0. The molecule has 0 saturated carbocycles. The predicted molar refractivity (Wildman–Crippen MR) is 101 cm³/mol. The maximum absolute atomic E-state index is 12.0. The highest BCUT2D eigenvalue weighted by atomic mass is 19.4. The van der Waals surface area contributed by atoms with Gasteiger partial charge in [-0.25, -0.2) is 0 Å². The van der Waals surface area contributed by atoms with Crippen molar-refractivity contribution >= 4 is 22.7 Å². The van der Waals surface area contributed by atoms with Crippen LogP contribution in [0.2, 0.25) is 0 Å². The highest BCUT2D eigenvalue weighted by molar-refractivity contribution is 6.03. The van der Waals surface area contributed by atoms with E-state index in [1.165, 1.54) is 0 Å². The average Bonchev–Trinajstić information content (AvgIpc) is 3.14. The Kier molecular flexibility index (Phi) is 5.88. The van der Waals surface area contributed by atoms with Crippen LogP contribution in [0.4, 0.5) is 13.2 Å². The summed E-state index contributed by atoms with van der Waals surface area (Å²) in [5, 5.41) is 5.79. The molecule has 1 heterocycles. The summed E-state index contributed by atoms with van der Waals surface area (Å²) < 4.78 is 39.4. The normalized spacial score (nSPS) is 11.4. The van der Waals surface area contributed by atoms with Crippen LogP contribution in [-0.4, -0.2) is 43.4 Å². The summed E-state index contributed by atoms with van der Waals surface area (Å²) in [5.41, 5.74) is 3.25. The molecule has 0 aliphatic carbocycles. The van der Waals surface area contributed by atoms with Gasteiger partial charge in [0.1, 0.15) is 5.69 Å². The van der Waals surface area contributed by atoms with E-state index < -0.39 is 18.9 Å². The van der Waals surface area contributed by atoms with E-state index in [1.54, 1.807) is 37.4 Å². The number of hydrogen-bond acceptors (Lipinski definition) is 3. The van der Waals surface area contributed by atoms with Gasteiger partial charge in [-0.1, -0.05) is 24.3 Å². The summed E-state index contributed by atoms with van der Waals surface area (Å²) >= 11 is 0. The van der Waals surface area contributed by atoms with E-state index >= 15 is 0 Å². The Morgan fingerprint density at radius 2 is 1.79 bits per heavy atom. The number of rotatable bonds is 6. The number of hydrogen-bond donors (Lipinski definition) is 3. The van der Waals surface area contributed by atoms with Crippen LogP contribution in [0.3, 0.4) is 0 Å². The average molecular weight is 405 g/mol. The third-order valence-electron chi connectivity index (χ3n) is 4.25. The molecule has 1 aromatic heterocycles. The van der Waals surface area contributed by atoms with Gasteiger partial charge in [0.05, 0.1) is 6.61 Å². The summed E-state index contributed by atoms with van der Waals surface area (Å²) in [6.45, 7) is -0.915. The lowest BCUT2D eigenvalue weighted by molar-refractivity contribution is -0.323. The fraction of sp³-hybridized carbons (Fsp3) is 0.200. The number of H-pyrrole nitrogens is 1. The molecule has 6 nitrogen and oxygen atoms in total. The van der Waals surface area contributed by atoms with Crippen molar-refractivity contribution in [3.63, 3.8) is 0 Å². The van der Waals surface area contributed by atoms with Gasteiger partial charge in [-0.2, -0.15) is 0 Å². The highest BCUT2D eigenvalue weighted by Gasteiger charge is 2.28. The molecule has 0 saturated heterocycles. The lowest BCUT2D eigenvalue weighted by Crippen LogP contribution is -2.29. The number of ether oxygens (including phenoxy) is 1. The fourth-order valence-electron chi connectivity index (χ4n) is 2.90. The van der Waals surface area contributed by atoms with E-state index in [2.05, 4.69) is 20.4 Å². The quantitative estimate of drug-likeness (QED) is 0.550. The van der Waals surface area contributed by atoms with Crippen LogP contribution in [0.25, 0.3) is 22.0 Å². The second-order valence-corrected chi connectivity index (χ2v) is 6.16. The molecular formula is C20H18F3N3O3. The molecule has 0 aliphatic rings. The van der Waals surface area contributed by atoms with E-state index in [-0.39, 0.29) is 12.5 Å². The van der Waals surface area contributed by atoms with E-state index in [4.69, 9.17) is 0 Å². The number of carbonyl (C=O) groups excluding carboxylic acids is 2. The third kappa shape index (κ3) is 4.94. The molecule has 152 valence electrons. The molecule has 0 unspecified atom stereocenters. The second-order valence-electron chi connectivity index (χ2n) is 6.16. The van der Waals surface area contributed by atoms with Crippen molar-refractivity contribution in [1.29, 1.82) is 0 Å². The molecule has 0 fully saturated rings. The number of fused-ring (bicyclic) bond motifs is 1. The molecule has 9 heteroatoms. The van der Waals surface area contributed by atoms with Crippen molar-refractivity contribution in [1.82, 2.24) is 15.6 Å². The first-order valence-electron chi connectivity index (χ1n) is 8.71. The summed E-state index contributed by atoms with van der Waals surface area (Å²) in [4.78, 5) is 27.0. The van der Waals surface area contributed by atoms with Crippen LogP contribution in [0.15, 0.2) is 48.5 Å². The molecule has 3 aromatic rings. The number of aromatic nitrogens is 1. The SMILES string of the molecule is CNC(=O)c1cc2c(-c3ccc(C(=O)NCCOC(F)(F)F)cc3)cccc2[nH]1. The first-order chi connectivity index (χ1) is 13.8. The maximum Gasteiger partial charge on any atom is 0.522 e. The Balaban J connectivity index is 1.74. The molecule has 2 amide bonds. The van der Waals surface area contributed by atoms with E-state index in [0.717, 1.165) is 22.0 Å². The van der Waals surface area contributed by atoms with E-state index in [9.17, 15) is 22.8 Å². The minimum Gasteiger partial charge on any atom is -0.354 e. The van der Waals surface area contributed by atoms with E-state index in [0.29, 0.717) is 11.3 Å². The van der Waals surface area contributed by atoms with Gasteiger partial charge in [0.15, 0.2) is 0 Å². The number of amides is 2. The minimum absolute atomic E-state index is 0.228. The Morgan fingerprint density at radius 1 is 1.07 bits per heavy atom. The summed E-state index contributed by atoms with van der Waals surface area (Å²) in [6, 6.07) is 14.0. The van der Waals surface area contributed by atoms with Crippen LogP contribution in [0.5, 0.6) is 0 Å². The van der Waals surface area contributed by atoms with E-state index in [1.807, 2.05) is 18.2 Å². The molecule has 0 radical (unpaired) electrons. The zero-order valence-electron chi connectivity index (χ0n) is 15.4. The number of benzene rings is 2. The van der Waals surface area contributed by atoms with Gasteiger partial charge in [0.2, 0.25) is 0 Å². The van der Waals surface area contributed by atoms with Crippen LogP contribution >= 0.6 is 0 Å². The Bertz CT molecular complexity index is 1030. The van der Waals surface area contributed by atoms with Crippen molar-refractivity contribution in [3.8, 4) is 11.1 Å². The first kappa shape index (κ1) is 20.4. The van der Waals surface area contributed by atoms with Gasteiger partial charge in [0.25, 0.3) is 11.8 Å². The Labute approximate surface area is 164 Å². The van der Waals surface area contributed by atoms with Crippen molar-refractivity contribution in [2.75, 3.05) is 20.2 Å². The molecule has 2 aromatic carbocycles. The summed E-state index contributed by atoms with van der Waals surface area (Å²) in [6.07, 6.45) is -4.72. The standard InChI is InChI=1S/C20H18F3N3O3/c1-24-19(28)17-11-15-14(3-2-4-16(15)26-17)12-5-7-13(8-6-12)18(27)25-9-10-29-20(21,22)23/h2-8,11,26H,9-10H2,1H3,(H,24,28)(H,25,27). The number of nitrogens with one attached hydrogen (secondary N) is 3. The van der Waals surface area contributed by atoms with Crippen molar-refractivity contribution < 1.29 is 27.5 Å². The first-order valence-corrected chi connectivity index (χ1v) is 8.71. The number of aromatic amines is 1. The van der Waals surface area contributed by atoms with Gasteiger partial charge in [-0.05, 0) is 35.4 Å². The smallest absolute Gasteiger partial charge is 0.354 e. The Morgan fingerprint density at radius 3 is 2.45 bits per heavy atom. The molecule has 0 aliphatic heterocycles. The Hall–Kier alpha value is -3.33. The van der Waals surface area contributed by atoms with Gasteiger partial charge in [0, 0.05) is 30.1 Å². The molecular weight excluding hydrogens is 387 g/mol. The van der Waals surface area contributed by atoms with Crippen molar-refractivity contribution in [2.24, 2.45) is 0 Å². The summed E-state index contributed by atoms with van der Waals surface area (Å²) in [7, 11) is 1.55. The number of halogens is 3. The molecule has 29 heavy (non-hydrogen) atoms. The number of alkyl halides is 3. The molecule has 3 N–H and O–H groups in total. The van der Waals surface area contributed by atoms with Crippen LogP contribution in [-0.2, 0) is 4.74 Å². The maximum atomic E-state index is 12.0. The van der Waals surface area contributed by atoms with Gasteiger partial charge in [-0.15, -0.1) is 13.2 Å². The fourth-order valence-corrected chi connectivity index (χ4v) is 2.90. The lowest BCUT2D eigenvalue weighted by atomic mass is 10.00.